The Morgan fingerprint density at radius 2 is 2.20 bits per heavy atom. The number of alkyl halides is 1. The van der Waals surface area contributed by atoms with Crippen LogP contribution in [0.2, 0.25) is 0 Å². The van der Waals surface area contributed by atoms with Crippen LogP contribution in [0.4, 0.5) is 4.39 Å². The molecule has 1 atom stereocenters. The van der Waals surface area contributed by atoms with Gasteiger partial charge in [-0.25, -0.2) is 4.39 Å². The van der Waals surface area contributed by atoms with Gasteiger partial charge in [0, 0.05) is 5.56 Å². The molecule has 2 heteroatoms. The fourth-order valence-electron chi connectivity index (χ4n) is 2.15. The summed E-state index contributed by atoms with van der Waals surface area (Å²) < 4.78 is 18.8. The zero-order valence-electron chi connectivity index (χ0n) is 9.56. The topological polar surface area (TPSA) is 9.23 Å². The molecule has 0 aliphatic carbocycles. The third-order valence-corrected chi connectivity index (χ3v) is 3.27. The second kappa shape index (κ2) is 3.84. The van der Waals surface area contributed by atoms with Gasteiger partial charge in [-0.05, 0) is 50.3 Å². The zero-order chi connectivity index (χ0) is 11.0. The number of halogens is 1. The summed E-state index contributed by atoms with van der Waals surface area (Å²) in [5.74, 6) is 0.805. The number of hydrogen-bond donors (Lipinski definition) is 0. The average Bonchev–Trinajstić information content (AvgIpc) is 2.21. The predicted molar refractivity (Wildman–Crippen MR) is 59.1 cm³/mol. The number of ether oxygens (including phenoxy) is 1. The molecule has 1 aromatic carbocycles. The fraction of sp³-hybridized carbons (Fsp3) is 0.538. The third kappa shape index (κ3) is 1.73. The summed E-state index contributed by atoms with van der Waals surface area (Å²) in [5, 5.41) is 0. The minimum absolute atomic E-state index is 0.213. The molecule has 0 radical (unpaired) electrons. The van der Waals surface area contributed by atoms with E-state index in [9.17, 15) is 4.39 Å². The van der Waals surface area contributed by atoms with Gasteiger partial charge < -0.3 is 4.74 Å². The molecule has 1 aliphatic heterocycles. The standard InChI is InChI=1S/C13H17FO/c1-8-6-11-5-4-9(2)15-13(11)12(7-14)10(8)3/h6,9H,4-5,7H2,1-3H3. The smallest absolute Gasteiger partial charge is 0.128 e. The van der Waals surface area contributed by atoms with E-state index in [0.717, 1.165) is 29.7 Å². The molecule has 82 valence electrons. The maximum atomic E-state index is 13.0. The molecule has 0 amide bonds. The number of aryl methyl sites for hydroxylation is 2. The Morgan fingerprint density at radius 3 is 2.87 bits per heavy atom. The van der Waals surface area contributed by atoms with Gasteiger partial charge in [0.1, 0.15) is 12.4 Å². The lowest BCUT2D eigenvalue weighted by Crippen LogP contribution is -2.20. The Hall–Kier alpha value is -1.05. The van der Waals surface area contributed by atoms with E-state index in [1.165, 1.54) is 11.1 Å². The van der Waals surface area contributed by atoms with Crippen LogP contribution in [0.5, 0.6) is 5.75 Å². The molecule has 2 rings (SSSR count). The van der Waals surface area contributed by atoms with Gasteiger partial charge in [-0.1, -0.05) is 6.07 Å². The lowest BCUT2D eigenvalue weighted by molar-refractivity contribution is 0.188. The molecule has 0 fully saturated rings. The SMILES string of the molecule is Cc1cc2c(c(CF)c1C)OC(C)CC2. The molecule has 0 bridgehead atoms. The van der Waals surface area contributed by atoms with Crippen LogP contribution in [0, 0.1) is 13.8 Å². The van der Waals surface area contributed by atoms with Crippen LogP contribution in [-0.2, 0) is 13.1 Å². The van der Waals surface area contributed by atoms with Crippen molar-refractivity contribution in [1.29, 1.82) is 0 Å². The van der Waals surface area contributed by atoms with Crippen molar-refractivity contribution in [3.8, 4) is 5.75 Å². The van der Waals surface area contributed by atoms with E-state index in [4.69, 9.17) is 4.74 Å². The van der Waals surface area contributed by atoms with E-state index in [2.05, 4.69) is 6.07 Å². The normalized spacial score (nSPS) is 19.6. The molecule has 1 heterocycles. The summed E-state index contributed by atoms with van der Waals surface area (Å²) in [7, 11) is 0. The van der Waals surface area contributed by atoms with Gasteiger partial charge in [0.25, 0.3) is 0 Å². The molecular weight excluding hydrogens is 191 g/mol. The summed E-state index contributed by atoms with van der Waals surface area (Å²) >= 11 is 0. The van der Waals surface area contributed by atoms with Crippen molar-refractivity contribution < 1.29 is 9.13 Å². The van der Waals surface area contributed by atoms with Crippen LogP contribution in [0.25, 0.3) is 0 Å². The molecule has 1 aromatic rings. The quantitative estimate of drug-likeness (QED) is 0.686. The largest absolute Gasteiger partial charge is 0.490 e. The number of benzene rings is 1. The van der Waals surface area contributed by atoms with E-state index in [0.29, 0.717) is 0 Å². The number of fused-ring (bicyclic) bond motifs is 1. The lowest BCUT2D eigenvalue weighted by atomic mass is 9.93. The monoisotopic (exact) mass is 208 g/mol. The van der Waals surface area contributed by atoms with Crippen LogP contribution >= 0.6 is 0 Å². The first-order valence-corrected chi connectivity index (χ1v) is 5.48. The van der Waals surface area contributed by atoms with E-state index in [-0.39, 0.29) is 6.10 Å². The summed E-state index contributed by atoms with van der Waals surface area (Å²) in [5.41, 5.74) is 4.12. The van der Waals surface area contributed by atoms with Crippen LogP contribution < -0.4 is 4.74 Å². The van der Waals surface area contributed by atoms with Crippen molar-refractivity contribution in [2.75, 3.05) is 0 Å². The molecule has 1 nitrogen and oxygen atoms in total. The molecular formula is C13H17FO. The molecule has 0 saturated heterocycles. The second-order valence-electron chi connectivity index (χ2n) is 4.39. The van der Waals surface area contributed by atoms with E-state index < -0.39 is 6.67 Å². The van der Waals surface area contributed by atoms with Gasteiger partial charge in [-0.15, -0.1) is 0 Å². The van der Waals surface area contributed by atoms with Gasteiger partial charge in [-0.3, -0.25) is 0 Å². The van der Waals surface area contributed by atoms with Crippen LogP contribution in [0.1, 0.15) is 35.6 Å². The molecule has 0 saturated carbocycles. The van der Waals surface area contributed by atoms with E-state index in [1.807, 2.05) is 20.8 Å². The van der Waals surface area contributed by atoms with E-state index >= 15 is 0 Å². The Morgan fingerprint density at radius 1 is 1.47 bits per heavy atom. The Kier molecular flexibility index (Phi) is 2.68. The lowest BCUT2D eigenvalue weighted by Gasteiger charge is -2.26. The molecule has 0 N–H and O–H groups in total. The summed E-state index contributed by atoms with van der Waals surface area (Å²) in [6.45, 7) is 5.61. The zero-order valence-corrected chi connectivity index (χ0v) is 9.56. The Labute approximate surface area is 90.3 Å². The van der Waals surface area contributed by atoms with Gasteiger partial charge in [0.05, 0.1) is 6.10 Å². The van der Waals surface area contributed by atoms with Crippen LogP contribution in [-0.4, -0.2) is 6.10 Å². The average molecular weight is 208 g/mol. The highest BCUT2D eigenvalue weighted by atomic mass is 19.1. The van der Waals surface area contributed by atoms with Crippen LogP contribution in [0.15, 0.2) is 6.07 Å². The highest BCUT2D eigenvalue weighted by Crippen LogP contribution is 2.35. The van der Waals surface area contributed by atoms with Crippen molar-refractivity contribution in [3.63, 3.8) is 0 Å². The van der Waals surface area contributed by atoms with Crippen molar-refractivity contribution in [2.24, 2.45) is 0 Å². The maximum Gasteiger partial charge on any atom is 0.128 e. The van der Waals surface area contributed by atoms with Gasteiger partial charge in [-0.2, -0.15) is 0 Å². The highest BCUT2D eigenvalue weighted by Gasteiger charge is 2.21. The summed E-state index contributed by atoms with van der Waals surface area (Å²) in [6, 6.07) is 2.13. The van der Waals surface area contributed by atoms with Gasteiger partial charge in [0.15, 0.2) is 0 Å². The summed E-state index contributed by atoms with van der Waals surface area (Å²) in [6.07, 6.45) is 2.25. The minimum atomic E-state index is -0.428. The maximum absolute atomic E-state index is 13.0. The first-order valence-electron chi connectivity index (χ1n) is 5.48. The third-order valence-electron chi connectivity index (χ3n) is 3.27. The molecule has 15 heavy (non-hydrogen) atoms. The van der Waals surface area contributed by atoms with Crippen molar-refractivity contribution in [3.05, 3.63) is 28.3 Å². The van der Waals surface area contributed by atoms with Crippen molar-refractivity contribution >= 4 is 0 Å². The van der Waals surface area contributed by atoms with Crippen molar-refractivity contribution in [1.82, 2.24) is 0 Å². The van der Waals surface area contributed by atoms with Gasteiger partial charge >= 0.3 is 0 Å². The first-order chi connectivity index (χ1) is 7.13. The highest BCUT2D eigenvalue weighted by molar-refractivity contribution is 5.50. The van der Waals surface area contributed by atoms with Crippen LogP contribution in [0.3, 0.4) is 0 Å². The molecule has 0 spiro atoms. The minimum Gasteiger partial charge on any atom is -0.490 e. The van der Waals surface area contributed by atoms with E-state index in [1.54, 1.807) is 0 Å². The Balaban J connectivity index is 2.56. The number of hydrogen-bond acceptors (Lipinski definition) is 1. The molecule has 0 aromatic heterocycles. The number of rotatable bonds is 1. The Bertz CT molecular complexity index is 385. The first kappa shape index (κ1) is 10.5. The second-order valence-corrected chi connectivity index (χ2v) is 4.39. The summed E-state index contributed by atoms with van der Waals surface area (Å²) in [4.78, 5) is 0. The molecule has 1 aliphatic rings. The predicted octanol–water partition coefficient (Wildman–Crippen LogP) is 3.49. The van der Waals surface area contributed by atoms with Crippen molar-refractivity contribution in [2.45, 2.75) is 46.4 Å². The molecule has 1 unspecified atom stereocenters. The van der Waals surface area contributed by atoms with Gasteiger partial charge in [0.2, 0.25) is 0 Å². The fourth-order valence-corrected chi connectivity index (χ4v) is 2.15.